The first-order chi connectivity index (χ1) is 13.1. The summed E-state index contributed by atoms with van der Waals surface area (Å²) in [5.41, 5.74) is 3.28. The Morgan fingerprint density at radius 2 is 2.11 bits per heavy atom. The maximum atomic E-state index is 13.8. The molecule has 152 valence electrons. The molecule has 0 aliphatic rings. The van der Waals surface area contributed by atoms with Crippen molar-refractivity contribution in [2.45, 2.75) is 26.1 Å². The normalized spacial score (nSPS) is 11.3. The number of primary amides is 1. The van der Waals surface area contributed by atoms with Gasteiger partial charge in [0.05, 0.1) is 13.2 Å². The molecule has 8 nitrogen and oxygen atoms in total. The van der Waals surface area contributed by atoms with Crippen molar-refractivity contribution < 1.29 is 23.0 Å². The number of nitrogens with one attached hydrogen (secondary N) is 2. The third-order valence-electron chi connectivity index (χ3n) is 3.66. The zero-order valence-corrected chi connectivity index (χ0v) is 15.9. The van der Waals surface area contributed by atoms with Crippen LogP contribution < -0.4 is 21.3 Å². The van der Waals surface area contributed by atoms with Crippen molar-refractivity contribution in [1.29, 1.82) is 0 Å². The van der Waals surface area contributed by atoms with E-state index in [1.54, 1.807) is 13.8 Å². The van der Waals surface area contributed by atoms with Crippen LogP contribution in [-0.2, 0) is 16.9 Å². The van der Waals surface area contributed by atoms with Crippen LogP contribution in [0, 0.1) is 11.6 Å². The molecule has 28 heavy (non-hydrogen) atoms. The minimum atomic E-state index is -1.20. The molecule has 4 N–H and O–H groups in total. The van der Waals surface area contributed by atoms with Crippen LogP contribution in [0.15, 0.2) is 23.0 Å². The maximum absolute atomic E-state index is 13.8. The van der Waals surface area contributed by atoms with Gasteiger partial charge in [0, 0.05) is 11.6 Å². The molecule has 2 aromatic rings. The topological polar surface area (TPSA) is 119 Å². The Morgan fingerprint density at radius 3 is 2.75 bits per heavy atom. The summed E-state index contributed by atoms with van der Waals surface area (Å²) in [6.07, 6.45) is 0. The van der Waals surface area contributed by atoms with Gasteiger partial charge < -0.3 is 20.5 Å². The smallest absolute Gasteiger partial charge is 0.312 e. The van der Waals surface area contributed by atoms with Gasteiger partial charge in [-0.05, 0) is 19.9 Å². The van der Waals surface area contributed by atoms with Crippen LogP contribution in [0.5, 0.6) is 6.01 Å². The lowest BCUT2D eigenvalue weighted by molar-refractivity contribution is -0.0382. The zero-order valence-electron chi connectivity index (χ0n) is 15.1. The van der Waals surface area contributed by atoms with Crippen LogP contribution >= 0.6 is 11.6 Å². The predicted molar refractivity (Wildman–Crippen MR) is 97.1 cm³/mol. The molecule has 0 fully saturated rings. The Labute approximate surface area is 164 Å². The van der Waals surface area contributed by atoms with Gasteiger partial charge in [-0.15, -0.1) is 0 Å². The largest absolute Gasteiger partial charge is 0.463 e. The molecule has 0 saturated carbocycles. The number of H-pyrrole nitrogens is 1. The lowest BCUT2D eigenvalue weighted by Crippen LogP contribution is -2.33. The Hall–Kier alpha value is -2.72. The van der Waals surface area contributed by atoms with Crippen LogP contribution in [0.1, 0.15) is 25.1 Å². The molecule has 1 aromatic heterocycles. The highest BCUT2D eigenvalue weighted by Gasteiger charge is 2.29. The molecular weight excluding hydrogens is 398 g/mol. The molecule has 0 radical (unpaired) electrons. The van der Waals surface area contributed by atoms with Gasteiger partial charge in [0.2, 0.25) is 0 Å². The van der Waals surface area contributed by atoms with Crippen LogP contribution in [0.2, 0.25) is 5.02 Å². The van der Waals surface area contributed by atoms with Crippen LogP contribution in [0.3, 0.4) is 0 Å². The first kappa shape index (κ1) is 21.6. The number of benzene rings is 1. The molecule has 0 atom stereocenters. The molecule has 0 aliphatic heterocycles. The SMILES string of the molecule is CC(C)(OCc1ccc(F)cc1F)c1nc(OCCNC(N)=O)[nH]c(=O)c1Cl. The predicted octanol–water partition coefficient (Wildman–Crippen LogP) is 2.20. The summed E-state index contributed by atoms with van der Waals surface area (Å²) in [4.78, 5) is 29.2. The number of halogens is 3. The van der Waals surface area contributed by atoms with Crippen molar-refractivity contribution in [3.63, 3.8) is 0 Å². The quantitative estimate of drug-likeness (QED) is 0.570. The Morgan fingerprint density at radius 1 is 1.39 bits per heavy atom. The Kier molecular flexibility index (Phi) is 6.92. The number of ether oxygens (including phenoxy) is 2. The van der Waals surface area contributed by atoms with E-state index in [2.05, 4.69) is 15.3 Å². The highest BCUT2D eigenvalue weighted by molar-refractivity contribution is 6.31. The van der Waals surface area contributed by atoms with Gasteiger partial charge in [0.15, 0.2) is 0 Å². The Balaban J connectivity index is 2.16. The standard InChI is InChI=1S/C17H19ClF2N4O4/c1-17(2,28-8-9-3-4-10(19)7-11(9)20)13-12(18)14(25)24-16(23-13)27-6-5-22-15(21)26/h3-4,7H,5-6,8H2,1-2H3,(H3,21,22,26)(H,23,24,25). The number of amides is 2. The number of carbonyl (C=O) groups excluding carboxylic acids is 1. The maximum Gasteiger partial charge on any atom is 0.312 e. The second-order valence-corrected chi connectivity index (χ2v) is 6.59. The van der Waals surface area contributed by atoms with Crippen molar-refractivity contribution in [3.8, 4) is 6.01 Å². The number of aromatic nitrogens is 2. The minimum absolute atomic E-state index is 0.00493. The number of rotatable bonds is 8. The summed E-state index contributed by atoms with van der Waals surface area (Å²) in [6.45, 7) is 3.05. The van der Waals surface area contributed by atoms with E-state index in [1.165, 1.54) is 6.07 Å². The summed E-state index contributed by atoms with van der Waals surface area (Å²) < 4.78 is 37.7. The van der Waals surface area contributed by atoms with Crippen molar-refractivity contribution in [1.82, 2.24) is 15.3 Å². The van der Waals surface area contributed by atoms with Gasteiger partial charge in [-0.25, -0.2) is 13.6 Å². The first-order valence-electron chi connectivity index (χ1n) is 8.14. The van der Waals surface area contributed by atoms with Gasteiger partial charge >= 0.3 is 6.03 Å². The van der Waals surface area contributed by atoms with E-state index in [0.29, 0.717) is 0 Å². The van der Waals surface area contributed by atoms with Gasteiger partial charge in [0.1, 0.15) is 34.6 Å². The summed E-state index contributed by atoms with van der Waals surface area (Å²) in [7, 11) is 0. The van der Waals surface area contributed by atoms with Gasteiger partial charge in [0.25, 0.3) is 11.6 Å². The van der Waals surface area contributed by atoms with Crippen molar-refractivity contribution in [2.24, 2.45) is 5.73 Å². The monoisotopic (exact) mass is 416 g/mol. The van der Waals surface area contributed by atoms with E-state index in [0.717, 1.165) is 12.1 Å². The van der Waals surface area contributed by atoms with Crippen molar-refractivity contribution in [3.05, 3.63) is 56.5 Å². The van der Waals surface area contributed by atoms with E-state index < -0.39 is 28.8 Å². The number of nitrogens with zero attached hydrogens (tertiary/aromatic N) is 1. The molecule has 0 spiro atoms. The van der Waals surface area contributed by atoms with Crippen molar-refractivity contribution >= 4 is 17.6 Å². The second-order valence-electron chi connectivity index (χ2n) is 6.21. The van der Waals surface area contributed by atoms with E-state index in [9.17, 15) is 18.4 Å². The number of carbonyl (C=O) groups is 1. The zero-order chi connectivity index (χ0) is 20.9. The average Bonchev–Trinajstić information content (AvgIpc) is 2.60. The number of nitrogens with two attached hydrogens (primary N) is 1. The molecule has 0 unspecified atom stereocenters. The van der Waals surface area contributed by atoms with E-state index >= 15 is 0 Å². The lowest BCUT2D eigenvalue weighted by atomic mass is 10.0. The molecule has 11 heteroatoms. The minimum Gasteiger partial charge on any atom is -0.463 e. The lowest BCUT2D eigenvalue weighted by Gasteiger charge is -2.26. The highest BCUT2D eigenvalue weighted by Crippen LogP contribution is 2.29. The van der Waals surface area contributed by atoms with Crippen LogP contribution in [0.25, 0.3) is 0 Å². The average molecular weight is 417 g/mol. The van der Waals surface area contributed by atoms with Crippen LogP contribution in [-0.4, -0.2) is 29.2 Å². The third kappa shape index (κ3) is 5.64. The van der Waals surface area contributed by atoms with E-state index in [4.69, 9.17) is 26.8 Å². The van der Waals surface area contributed by atoms with Gasteiger partial charge in [-0.3, -0.25) is 9.78 Å². The van der Waals surface area contributed by atoms with Crippen molar-refractivity contribution in [2.75, 3.05) is 13.2 Å². The molecule has 0 saturated heterocycles. The highest BCUT2D eigenvalue weighted by atomic mass is 35.5. The molecule has 0 aliphatic carbocycles. The molecule has 1 aromatic carbocycles. The fraction of sp³-hybridized carbons (Fsp3) is 0.353. The number of aromatic amines is 1. The second kappa shape index (κ2) is 8.98. The van der Waals surface area contributed by atoms with E-state index in [-0.39, 0.29) is 42.0 Å². The number of hydrogen-bond donors (Lipinski definition) is 3. The molecule has 0 bridgehead atoms. The van der Waals surface area contributed by atoms with E-state index in [1.807, 2.05) is 0 Å². The molecule has 2 amide bonds. The summed E-state index contributed by atoms with van der Waals surface area (Å²) in [6, 6.07) is 2.26. The number of urea groups is 1. The fourth-order valence-electron chi connectivity index (χ4n) is 2.19. The summed E-state index contributed by atoms with van der Waals surface area (Å²) in [5, 5.41) is 2.10. The fourth-order valence-corrected chi connectivity index (χ4v) is 2.51. The molecule has 1 heterocycles. The number of hydrogen-bond acceptors (Lipinski definition) is 5. The molecule has 2 rings (SSSR count). The molecular formula is C17H19ClF2N4O4. The van der Waals surface area contributed by atoms with Crippen LogP contribution in [0.4, 0.5) is 13.6 Å². The Bertz CT molecular complexity index is 921. The summed E-state index contributed by atoms with van der Waals surface area (Å²) >= 11 is 6.05. The third-order valence-corrected chi connectivity index (χ3v) is 4.01. The first-order valence-corrected chi connectivity index (χ1v) is 8.52. The van der Waals surface area contributed by atoms with Gasteiger partial charge in [-0.2, -0.15) is 4.98 Å². The van der Waals surface area contributed by atoms with Gasteiger partial charge in [-0.1, -0.05) is 17.7 Å². The summed E-state index contributed by atoms with van der Waals surface area (Å²) in [5.74, 6) is -1.46.